The van der Waals surface area contributed by atoms with Gasteiger partial charge in [0.2, 0.25) is 0 Å². The molecule has 2 fully saturated rings. The van der Waals surface area contributed by atoms with Gasteiger partial charge in [-0.3, -0.25) is 9.59 Å². The van der Waals surface area contributed by atoms with Gasteiger partial charge in [-0.25, -0.2) is 4.98 Å². The molecule has 166 valence electrons. The van der Waals surface area contributed by atoms with E-state index in [-0.39, 0.29) is 23.8 Å². The van der Waals surface area contributed by atoms with E-state index in [9.17, 15) is 9.59 Å². The Morgan fingerprint density at radius 2 is 2.00 bits per heavy atom. The lowest BCUT2D eigenvalue weighted by molar-refractivity contribution is -0.141. The van der Waals surface area contributed by atoms with Crippen LogP contribution in [0.25, 0.3) is 0 Å². The smallest absolute Gasteiger partial charge is 0.305 e. The number of rotatable bonds is 8. The SMILES string of the molecule is CCCSc1nc(N2CCC[C@H](CC(=O)OC)C2)ccc1C(=O)NC1CCCCC1. The molecule has 1 aliphatic heterocycles. The largest absolute Gasteiger partial charge is 0.469 e. The average molecular weight is 434 g/mol. The molecule has 1 atom stereocenters. The van der Waals surface area contributed by atoms with Crippen molar-refractivity contribution in [1.82, 2.24) is 10.3 Å². The third-order valence-electron chi connectivity index (χ3n) is 6.00. The standard InChI is InChI=1S/C23H35N3O3S/c1-3-14-30-23-19(22(28)24-18-9-5-4-6-10-18)11-12-20(25-23)26-13-7-8-17(16-26)15-21(27)29-2/h11-12,17-18H,3-10,13-16H2,1-2H3,(H,24,28)/t17-/m1/s1. The minimum atomic E-state index is -0.149. The number of nitrogens with zero attached hydrogens (tertiary/aromatic N) is 2. The quantitative estimate of drug-likeness (QED) is 0.483. The number of ether oxygens (including phenoxy) is 1. The molecule has 3 rings (SSSR count). The van der Waals surface area contributed by atoms with E-state index in [0.717, 1.165) is 61.8 Å². The van der Waals surface area contributed by atoms with Crippen molar-refractivity contribution in [2.24, 2.45) is 5.92 Å². The van der Waals surface area contributed by atoms with Crippen LogP contribution in [0, 0.1) is 5.92 Å². The van der Waals surface area contributed by atoms with Gasteiger partial charge in [-0.2, -0.15) is 0 Å². The number of carbonyl (C=O) groups excluding carboxylic acids is 2. The third kappa shape index (κ3) is 6.37. The van der Waals surface area contributed by atoms with Crippen LogP contribution in [0.4, 0.5) is 5.82 Å². The first-order valence-corrected chi connectivity index (χ1v) is 12.4. The highest BCUT2D eigenvalue weighted by atomic mass is 32.2. The molecule has 1 N–H and O–H groups in total. The second-order valence-corrected chi connectivity index (χ2v) is 9.50. The summed E-state index contributed by atoms with van der Waals surface area (Å²) in [6.45, 7) is 3.87. The van der Waals surface area contributed by atoms with Crippen molar-refractivity contribution in [2.75, 3.05) is 30.9 Å². The second kappa shape index (κ2) is 11.6. The highest BCUT2D eigenvalue weighted by Gasteiger charge is 2.25. The molecule has 0 unspecified atom stereocenters. The Hall–Kier alpha value is -1.76. The summed E-state index contributed by atoms with van der Waals surface area (Å²) in [6, 6.07) is 4.19. The molecule has 1 aliphatic carbocycles. The summed E-state index contributed by atoms with van der Waals surface area (Å²) < 4.78 is 4.84. The van der Waals surface area contributed by atoms with Gasteiger partial charge in [0.1, 0.15) is 10.8 Å². The van der Waals surface area contributed by atoms with Crippen LogP contribution in [-0.4, -0.2) is 48.9 Å². The van der Waals surface area contributed by atoms with Crippen LogP contribution in [-0.2, 0) is 9.53 Å². The van der Waals surface area contributed by atoms with Gasteiger partial charge in [0.15, 0.2) is 0 Å². The lowest BCUT2D eigenvalue weighted by Crippen LogP contribution is -2.38. The summed E-state index contributed by atoms with van der Waals surface area (Å²) in [5.74, 6) is 1.97. The van der Waals surface area contributed by atoms with E-state index in [1.54, 1.807) is 11.8 Å². The third-order valence-corrected chi connectivity index (χ3v) is 7.20. The number of pyridine rings is 1. The zero-order valence-electron chi connectivity index (χ0n) is 18.3. The van der Waals surface area contributed by atoms with Crippen molar-refractivity contribution < 1.29 is 14.3 Å². The van der Waals surface area contributed by atoms with E-state index >= 15 is 0 Å². The summed E-state index contributed by atoms with van der Waals surface area (Å²) in [5.41, 5.74) is 0.686. The second-order valence-electron chi connectivity index (χ2n) is 8.41. The summed E-state index contributed by atoms with van der Waals surface area (Å²) in [6.07, 6.45) is 9.36. The number of carbonyl (C=O) groups is 2. The van der Waals surface area contributed by atoms with Crippen molar-refractivity contribution in [3.05, 3.63) is 17.7 Å². The Labute approximate surface area is 184 Å². The predicted octanol–water partition coefficient (Wildman–Crippen LogP) is 4.43. The topological polar surface area (TPSA) is 71.5 Å². The summed E-state index contributed by atoms with van der Waals surface area (Å²) in [7, 11) is 1.44. The average Bonchev–Trinajstić information content (AvgIpc) is 2.78. The molecule has 0 spiro atoms. The fourth-order valence-corrected chi connectivity index (χ4v) is 5.23. The summed E-state index contributed by atoms with van der Waals surface area (Å²) in [5, 5.41) is 4.05. The Bertz CT molecular complexity index is 722. The number of anilines is 1. The van der Waals surface area contributed by atoms with Crippen molar-refractivity contribution in [3.8, 4) is 0 Å². The van der Waals surface area contributed by atoms with E-state index in [4.69, 9.17) is 9.72 Å². The first-order chi connectivity index (χ1) is 14.6. The highest BCUT2D eigenvalue weighted by Crippen LogP contribution is 2.29. The summed E-state index contributed by atoms with van der Waals surface area (Å²) in [4.78, 5) is 31.8. The molecule has 2 aliphatic rings. The van der Waals surface area contributed by atoms with Crippen LogP contribution in [0.15, 0.2) is 17.2 Å². The van der Waals surface area contributed by atoms with Crippen molar-refractivity contribution in [3.63, 3.8) is 0 Å². The molecule has 6 nitrogen and oxygen atoms in total. The fraction of sp³-hybridized carbons (Fsp3) is 0.696. The lowest BCUT2D eigenvalue weighted by Gasteiger charge is -2.33. The number of aromatic nitrogens is 1. The minimum absolute atomic E-state index is 0.00163. The van der Waals surface area contributed by atoms with E-state index in [1.807, 2.05) is 12.1 Å². The van der Waals surface area contributed by atoms with Crippen LogP contribution in [0.1, 0.15) is 75.1 Å². The van der Waals surface area contributed by atoms with Crippen molar-refractivity contribution >= 4 is 29.5 Å². The number of esters is 1. The molecule has 0 aromatic carbocycles. The molecule has 2 heterocycles. The van der Waals surface area contributed by atoms with Crippen molar-refractivity contribution in [1.29, 1.82) is 0 Å². The Balaban J connectivity index is 1.72. The molecule has 1 saturated carbocycles. The maximum Gasteiger partial charge on any atom is 0.305 e. The molecule has 1 amide bonds. The van der Waals surface area contributed by atoms with Crippen LogP contribution >= 0.6 is 11.8 Å². The van der Waals surface area contributed by atoms with Gasteiger partial charge in [-0.1, -0.05) is 26.2 Å². The van der Waals surface area contributed by atoms with Gasteiger partial charge in [-0.15, -0.1) is 11.8 Å². The summed E-state index contributed by atoms with van der Waals surface area (Å²) >= 11 is 1.66. The van der Waals surface area contributed by atoms with Crippen LogP contribution in [0.2, 0.25) is 0 Å². The maximum absolute atomic E-state index is 13.0. The van der Waals surface area contributed by atoms with Gasteiger partial charge < -0.3 is 15.0 Å². The van der Waals surface area contributed by atoms with Gasteiger partial charge in [0, 0.05) is 25.6 Å². The first kappa shape index (κ1) is 22.9. The van der Waals surface area contributed by atoms with Crippen LogP contribution < -0.4 is 10.2 Å². The van der Waals surface area contributed by atoms with Crippen LogP contribution in [0.5, 0.6) is 0 Å². The van der Waals surface area contributed by atoms with Gasteiger partial charge >= 0.3 is 5.97 Å². The molecule has 7 heteroatoms. The number of hydrogen-bond acceptors (Lipinski definition) is 6. The van der Waals surface area contributed by atoms with E-state index < -0.39 is 0 Å². The fourth-order valence-electron chi connectivity index (χ4n) is 4.36. The van der Waals surface area contributed by atoms with Gasteiger partial charge in [0.25, 0.3) is 5.91 Å². The zero-order valence-corrected chi connectivity index (χ0v) is 19.1. The predicted molar refractivity (Wildman–Crippen MR) is 121 cm³/mol. The highest BCUT2D eigenvalue weighted by molar-refractivity contribution is 7.99. The Kier molecular flexibility index (Phi) is 8.85. The normalized spacial score (nSPS) is 20.1. The van der Waals surface area contributed by atoms with Gasteiger partial charge in [0.05, 0.1) is 12.7 Å². The first-order valence-electron chi connectivity index (χ1n) is 11.4. The lowest BCUT2D eigenvalue weighted by atomic mass is 9.95. The Morgan fingerprint density at radius 1 is 1.20 bits per heavy atom. The maximum atomic E-state index is 13.0. The number of amides is 1. The number of hydrogen-bond donors (Lipinski definition) is 1. The monoisotopic (exact) mass is 433 g/mol. The molecule has 1 aromatic heterocycles. The molecule has 0 bridgehead atoms. The Morgan fingerprint density at radius 3 is 2.73 bits per heavy atom. The zero-order chi connectivity index (χ0) is 21.3. The number of piperidine rings is 1. The molecule has 1 saturated heterocycles. The number of nitrogens with one attached hydrogen (secondary N) is 1. The number of thioether (sulfide) groups is 1. The molecular weight excluding hydrogens is 398 g/mol. The van der Waals surface area contributed by atoms with Crippen LogP contribution in [0.3, 0.4) is 0 Å². The van der Waals surface area contributed by atoms with Crippen molar-refractivity contribution in [2.45, 2.75) is 75.8 Å². The number of methoxy groups -OCH3 is 1. The molecule has 0 radical (unpaired) electrons. The van der Waals surface area contributed by atoms with E-state index in [0.29, 0.717) is 12.0 Å². The molecule has 1 aromatic rings. The van der Waals surface area contributed by atoms with E-state index in [2.05, 4.69) is 17.1 Å². The molecular formula is C23H35N3O3S. The van der Waals surface area contributed by atoms with Gasteiger partial charge in [-0.05, 0) is 55.9 Å². The minimum Gasteiger partial charge on any atom is -0.469 e. The molecule has 30 heavy (non-hydrogen) atoms. The van der Waals surface area contributed by atoms with E-state index in [1.165, 1.54) is 26.4 Å².